The highest BCUT2D eigenvalue weighted by Crippen LogP contribution is 2.26. The van der Waals surface area contributed by atoms with Crippen molar-refractivity contribution in [1.29, 1.82) is 0 Å². The van der Waals surface area contributed by atoms with E-state index in [9.17, 15) is 0 Å². The van der Waals surface area contributed by atoms with E-state index in [2.05, 4.69) is 0 Å². The SMILES string of the molecule is COc1ccccc1OCCOc1ccc(Cl)cc1CCl. The van der Waals surface area contributed by atoms with Gasteiger partial charge < -0.3 is 14.2 Å². The molecule has 0 aliphatic carbocycles. The van der Waals surface area contributed by atoms with Gasteiger partial charge in [-0.15, -0.1) is 11.6 Å². The normalized spacial score (nSPS) is 10.2. The second-order valence-corrected chi connectivity index (χ2v) is 4.94. The average molecular weight is 327 g/mol. The van der Waals surface area contributed by atoms with Crippen molar-refractivity contribution in [1.82, 2.24) is 0 Å². The molecule has 2 aromatic rings. The van der Waals surface area contributed by atoms with Crippen LogP contribution in [0.15, 0.2) is 42.5 Å². The van der Waals surface area contributed by atoms with Crippen LogP contribution in [0.3, 0.4) is 0 Å². The van der Waals surface area contributed by atoms with Gasteiger partial charge in [0.1, 0.15) is 19.0 Å². The summed E-state index contributed by atoms with van der Waals surface area (Å²) in [7, 11) is 1.61. The molecule has 0 saturated carbocycles. The van der Waals surface area contributed by atoms with Gasteiger partial charge in [-0.05, 0) is 30.3 Å². The number of benzene rings is 2. The van der Waals surface area contributed by atoms with Gasteiger partial charge in [0.05, 0.1) is 13.0 Å². The fourth-order valence-electron chi connectivity index (χ4n) is 1.83. The van der Waals surface area contributed by atoms with Crippen LogP contribution in [0.5, 0.6) is 17.2 Å². The van der Waals surface area contributed by atoms with Gasteiger partial charge in [0.15, 0.2) is 11.5 Å². The summed E-state index contributed by atoms with van der Waals surface area (Å²) in [6.45, 7) is 0.814. The van der Waals surface area contributed by atoms with Crippen LogP contribution in [0.2, 0.25) is 5.02 Å². The van der Waals surface area contributed by atoms with Gasteiger partial charge in [-0.25, -0.2) is 0 Å². The van der Waals surface area contributed by atoms with Crippen LogP contribution >= 0.6 is 23.2 Å². The molecule has 2 rings (SSSR count). The molecule has 3 nitrogen and oxygen atoms in total. The molecule has 0 radical (unpaired) electrons. The highest BCUT2D eigenvalue weighted by molar-refractivity contribution is 6.30. The first kappa shape index (κ1) is 15.8. The van der Waals surface area contributed by atoms with Crippen molar-refractivity contribution in [2.24, 2.45) is 0 Å². The van der Waals surface area contributed by atoms with Gasteiger partial charge in [0.25, 0.3) is 0 Å². The van der Waals surface area contributed by atoms with Gasteiger partial charge in [-0.2, -0.15) is 0 Å². The summed E-state index contributed by atoms with van der Waals surface area (Å²) < 4.78 is 16.5. The molecule has 0 unspecified atom stereocenters. The Kier molecular flexibility index (Phi) is 6.03. The lowest BCUT2D eigenvalue weighted by molar-refractivity contribution is 0.210. The highest BCUT2D eigenvalue weighted by Gasteiger charge is 2.05. The van der Waals surface area contributed by atoms with Gasteiger partial charge in [0, 0.05) is 10.6 Å². The van der Waals surface area contributed by atoms with Crippen molar-refractivity contribution >= 4 is 23.2 Å². The molecule has 0 aromatic heterocycles. The summed E-state index contributed by atoms with van der Waals surface area (Å²) in [4.78, 5) is 0. The van der Waals surface area contributed by atoms with Crippen LogP contribution < -0.4 is 14.2 Å². The molecule has 0 atom stereocenters. The van der Waals surface area contributed by atoms with E-state index in [4.69, 9.17) is 37.4 Å². The second-order valence-electron chi connectivity index (χ2n) is 4.23. The monoisotopic (exact) mass is 326 g/mol. The van der Waals surface area contributed by atoms with Crippen molar-refractivity contribution in [3.05, 3.63) is 53.1 Å². The Hall–Kier alpha value is -1.58. The van der Waals surface area contributed by atoms with Crippen LogP contribution in [0.1, 0.15) is 5.56 Å². The molecule has 0 aliphatic rings. The quantitative estimate of drug-likeness (QED) is 0.552. The Balaban J connectivity index is 1.87. The zero-order valence-electron chi connectivity index (χ0n) is 11.6. The lowest BCUT2D eigenvalue weighted by Gasteiger charge is -2.12. The van der Waals surface area contributed by atoms with Crippen LogP contribution in [0, 0.1) is 0 Å². The molecule has 0 fully saturated rings. The highest BCUT2D eigenvalue weighted by atomic mass is 35.5. The number of rotatable bonds is 7. The smallest absolute Gasteiger partial charge is 0.161 e. The Bertz CT molecular complexity index is 587. The number of ether oxygens (including phenoxy) is 3. The molecule has 21 heavy (non-hydrogen) atoms. The Morgan fingerprint density at radius 2 is 1.57 bits per heavy atom. The maximum absolute atomic E-state index is 5.92. The van der Waals surface area contributed by atoms with E-state index in [0.717, 1.165) is 11.3 Å². The third kappa shape index (κ3) is 4.45. The predicted octanol–water partition coefficient (Wildman–Crippen LogP) is 4.55. The summed E-state index contributed by atoms with van der Waals surface area (Å²) in [6.07, 6.45) is 0. The number of halogens is 2. The summed E-state index contributed by atoms with van der Waals surface area (Å²) in [5, 5.41) is 0.642. The number of hydrogen-bond donors (Lipinski definition) is 0. The Labute approximate surface area is 134 Å². The van der Waals surface area contributed by atoms with Crippen molar-refractivity contribution < 1.29 is 14.2 Å². The summed E-state index contributed by atoms with van der Waals surface area (Å²) >= 11 is 11.8. The minimum absolute atomic E-state index is 0.350. The molecule has 5 heteroatoms. The van der Waals surface area contributed by atoms with E-state index in [-0.39, 0.29) is 0 Å². The molecule has 112 valence electrons. The van der Waals surface area contributed by atoms with E-state index < -0.39 is 0 Å². The summed E-state index contributed by atoms with van der Waals surface area (Å²) in [5.74, 6) is 2.46. The fraction of sp³-hybridized carbons (Fsp3) is 0.250. The van der Waals surface area contributed by atoms with Crippen LogP contribution in [-0.4, -0.2) is 20.3 Å². The molecule has 0 amide bonds. The van der Waals surface area contributed by atoms with E-state index >= 15 is 0 Å². The van der Waals surface area contributed by atoms with Gasteiger partial charge in [-0.3, -0.25) is 0 Å². The van der Waals surface area contributed by atoms with Gasteiger partial charge in [0.2, 0.25) is 0 Å². The molecule has 0 spiro atoms. The van der Waals surface area contributed by atoms with Crippen molar-refractivity contribution in [2.75, 3.05) is 20.3 Å². The molecular formula is C16H16Cl2O3. The number of para-hydroxylation sites is 2. The molecule has 2 aromatic carbocycles. The first-order valence-corrected chi connectivity index (χ1v) is 7.39. The first-order valence-electron chi connectivity index (χ1n) is 6.47. The second kappa shape index (κ2) is 8.01. The Morgan fingerprint density at radius 1 is 0.905 bits per heavy atom. The van der Waals surface area contributed by atoms with Crippen LogP contribution in [0.25, 0.3) is 0 Å². The zero-order chi connectivity index (χ0) is 15.1. The minimum atomic E-state index is 0.350. The first-order chi connectivity index (χ1) is 10.2. The van der Waals surface area contributed by atoms with E-state index in [0.29, 0.717) is 35.6 Å². The number of hydrogen-bond acceptors (Lipinski definition) is 3. The van der Waals surface area contributed by atoms with Crippen molar-refractivity contribution in [2.45, 2.75) is 5.88 Å². The molecule has 0 saturated heterocycles. The Morgan fingerprint density at radius 3 is 2.24 bits per heavy atom. The lowest BCUT2D eigenvalue weighted by atomic mass is 10.2. The average Bonchev–Trinajstić information content (AvgIpc) is 2.52. The van der Waals surface area contributed by atoms with Crippen molar-refractivity contribution in [3.8, 4) is 17.2 Å². The molecule has 0 heterocycles. The third-order valence-electron chi connectivity index (χ3n) is 2.83. The molecular weight excluding hydrogens is 311 g/mol. The third-order valence-corrected chi connectivity index (χ3v) is 3.36. The topological polar surface area (TPSA) is 27.7 Å². The minimum Gasteiger partial charge on any atom is -0.493 e. The van der Waals surface area contributed by atoms with Crippen molar-refractivity contribution in [3.63, 3.8) is 0 Å². The summed E-state index contributed by atoms with van der Waals surface area (Å²) in [5.41, 5.74) is 0.862. The molecule has 0 N–H and O–H groups in total. The number of methoxy groups -OCH3 is 1. The van der Waals surface area contributed by atoms with Crippen LogP contribution in [0.4, 0.5) is 0 Å². The lowest BCUT2D eigenvalue weighted by Crippen LogP contribution is -2.10. The maximum atomic E-state index is 5.92. The largest absolute Gasteiger partial charge is 0.493 e. The molecule has 0 aliphatic heterocycles. The zero-order valence-corrected chi connectivity index (χ0v) is 13.2. The van der Waals surface area contributed by atoms with Gasteiger partial charge >= 0.3 is 0 Å². The van der Waals surface area contributed by atoms with E-state index in [1.165, 1.54) is 0 Å². The standard InChI is InChI=1S/C16H16Cl2O3/c1-19-15-4-2-3-5-16(15)21-9-8-20-14-7-6-13(18)10-12(14)11-17/h2-7,10H,8-9,11H2,1H3. The van der Waals surface area contributed by atoms with Crippen LogP contribution in [-0.2, 0) is 5.88 Å². The number of alkyl halides is 1. The summed E-state index contributed by atoms with van der Waals surface area (Å²) in [6, 6.07) is 12.9. The maximum Gasteiger partial charge on any atom is 0.161 e. The predicted molar refractivity (Wildman–Crippen MR) is 85.0 cm³/mol. The van der Waals surface area contributed by atoms with Gasteiger partial charge in [-0.1, -0.05) is 23.7 Å². The van der Waals surface area contributed by atoms with E-state index in [1.807, 2.05) is 30.3 Å². The fourth-order valence-corrected chi connectivity index (χ4v) is 2.24. The molecule has 0 bridgehead atoms. The van der Waals surface area contributed by atoms with E-state index in [1.54, 1.807) is 19.2 Å².